The van der Waals surface area contributed by atoms with Crippen LogP contribution in [0, 0.1) is 6.92 Å². The van der Waals surface area contributed by atoms with E-state index in [-0.39, 0.29) is 6.42 Å². The van der Waals surface area contributed by atoms with Gasteiger partial charge in [-0.15, -0.1) is 0 Å². The molecule has 1 aromatic carbocycles. The second-order valence-corrected chi connectivity index (χ2v) is 3.92. The molecule has 0 aliphatic rings. The molecule has 1 atom stereocenters. The molecule has 1 aromatic heterocycles. The predicted molar refractivity (Wildman–Crippen MR) is 60.4 cm³/mol. The smallest absolute Gasteiger partial charge is 0.332 e. The van der Waals surface area contributed by atoms with Crippen molar-refractivity contribution in [2.75, 3.05) is 0 Å². The average molecular weight is 219 g/mol. The van der Waals surface area contributed by atoms with Crippen LogP contribution in [-0.2, 0) is 11.2 Å². The molecule has 0 aliphatic carbocycles. The van der Waals surface area contributed by atoms with E-state index >= 15 is 0 Å². The van der Waals surface area contributed by atoms with E-state index in [1.807, 2.05) is 25.1 Å². The molecule has 3 N–H and O–H groups in total. The summed E-state index contributed by atoms with van der Waals surface area (Å²) in [5, 5.41) is 18.9. The summed E-state index contributed by atoms with van der Waals surface area (Å²) in [5.74, 6) is -1.19. The lowest BCUT2D eigenvalue weighted by molar-refractivity contribution is -0.146. The standard InChI is InChI=1S/C12H13NO3/c1-7-2-3-10-9(4-7)8(6-13-10)5-11(14)12(15)16/h2-4,6,11,13-14H,5H2,1H3,(H,15,16)/t11-/m0/s1. The maximum Gasteiger partial charge on any atom is 0.332 e. The third-order valence-electron chi connectivity index (χ3n) is 2.62. The number of hydrogen-bond donors (Lipinski definition) is 3. The minimum Gasteiger partial charge on any atom is -0.479 e. The first-order valence-electron chi connectivity index (χ1n) is 5.05. The first-order chi connectivity index (χ1) is 7.58. The second kappa shape index (κ2) is 3.98. The predicted octanol–water partition coefficient (Wildman–Crippen LogP) is 1.46. The molecule has 16 heavy (non-hydrogen) atoms. The fraction of sp³-hybridized carbons (Fsp3) is 0.250. The van der Waals surface area contributed by atoms with Crippen molar-refractivity contribution in [3.05, 3.63) is 35.5 Å². The zero-order valence-electron chi connectivity index (χ0n) is 8.90. The van der Waals surface area contributed by atoms with Crippen molar-refractivity contribution in [1.82, 2.24) is 4.98 Å². The van der Waals surface area contributed by atoms with Crippen LogP contribution in [0.15, 0.2) is 24.4 Å². The second-order valence-electron chi connectivity index (χ2n) is 3.92. The number of aliphatic hydroxyl groups is 1. The van der Waals surface area contributed by atoms with Crippen molar-refractivity contribution < 1.29 is 15.0 Å². The van der Waals surface area contributed by atoms with Crippen LogP contribution in [0.25, 0.3) is 10.9 Å². The fourth-order valence-corrected chi connectivity index (χ4v) is 1.76. The van der Waals surface area contributed by atoms with Gasteiger partial charge < -0.3 is 15.2 Å². The molecular weight excluding hydrogens is 206 g/mol. The summed E-state index contributed by atoms with van der Waals surface area (Å²) in [6, 6.07) is 5.91. The van der Waals surface area contributed by atoms with E-state index in [1.54, 1.807) is 6.20 Å². The van der Waals surface area contributed by atoms with Crippen LogP contribution in [-0.4, -0.2) is 27.3 Å². The highest BCUT2D eigenvalue weighted by Gasteiger charge is 2.15. The van der Waals surface area contributed by atoms with E-state index in [0.29, 0.717) is 0 Å². The summed E-state index contributed by atoms with van der Waals surface area (Å²) in [5.41, 5.74) is 2.89. The van der Waals surface area contributed by atoms with Gasteiger partial charge in [0.1, 0.15) is 0 Å². The van der Waals surface area contributed by atoms with E-state index < -0.39 is 12.1 Å². The highest BCUT2D eigenvalue weighted by Crippen LogP contribution is 2.20. The van der Waals surface area contributed by atoms with Crippen molar-refractivity contribution in [2.24, 2.45) is 0 Å². The summed E-state index contributed by atoms with van der Waals surface area (Å²) in [6.07, 6.45) is 0.522. The number of H-pyrrole nitrogens is 1. The van der Waals surface area contributed by atoms with Gasteiger partial charge in [-0.3, -0.25) is 0 Å². The summed E-state index contributed by atoms with van der Waals surface area (Å²) in [4.78, 5) is 13.6. The zero-order chi connectivity index (χ0) is 11.7. The Balaban J connectivity index is 2.37. The Bertz CT molecular complexity index is 530. The third-order valence-corrected chi connectivity index (χ3v) is 2.62. The zero-order valence-corrected chi connectivity index (χ0v) is 8.90. The number of carboxylic acid groups (broad SMARTS) is 1. The van der Waals surface area contributed by atoms with Gasteiger partial charge in [-0.25, -0.2) is 4.79 Å². The minimum absolute atomic E-state index is 0.124. The normalized spacial score (nSPS) is 12.9. The summed E-state index contributed by atoms with van der Waals surface area (Å²) in [7, 11) is 0. The SMILES string of the molecule is Cc1ccc2[nH]cc(C[C@H](O)C(=O)O)c2c1. The number of fused-ring (bicyclic) bond motifs is 1. The number of aliphatic carboxylic acids is 1. The first-order valence-corrected chi connectivity index (χ1v) is 5.05. The van der Waals surface area contributed by atoms with Crippen LogP contribution < -0.4 is 0 Å². The monoisotopic (exact) mass is 219 g/mol. The number of nitrogens with one attached hydrogen (secondary N) is 1. The Hall–Kier alpha value is -1.81. The number of benzene rings is 1. The van der Waals surface area contributed by atoms with E-state index in [2.05, 4.69) is 4.98 Å². The maximum absolute atomic E-state index is 10.6. The van der Waals surface area contributed by atoms with Gasteiger partial charge in [0.15, 0.2) is 6.10 Å². The Labute approximate surface area is 92.5 Å². The largest absolute Gasteiger partial charge is 0.479 e. The van der Waals surface area contributed by atoms with Crippen molar-refractivity contribution in [1.29, 1.82) is 0 Å². The molecule has 1 heterocycles. The van der Waals surface area contributed by atoms with Gasteiger partial charge in [0.2, 0.25) is 0 Å². The summed E-state index contributed by atoms with van der Waals surface area (Å²) < 4.78 is 0. The van der Waals surface area contributed by atoms with Crippen molar-refractivity contribution in [3.63, 3.8) is 0 Å². The number of aromatic nitrogens is 1. The molecule has 4 nitrogen and oxygen atoms in total. The van der Waals surface area contributed by atoms with Crippen molar-refractivity contribution in [2.45, 2.75) is 19.4 Å². The molecule has 0 saturated heterocycles. The molecule has 0 radical (unpaired) electrons. The molecular formula is C12H13NO3. The molecule has 2 rings (SSSR count). The molecule has 0 amide bonds. The number of carboxylic acids is 1. The fourth-order valence-electron chi connectivity index (χ4n) is 1.76. The van der Waals surface area contributed by atoms with Crippen LogP contribution >= 0.6 is 0 Å². The third kappa shape index (κ3) is 1.92. The van der Waals surface area contributed by atoms with E-state index in [1.165, 1.54) is 0 Å². The molecule has 0 fully saturated rings. The van der Waals surface area contributed by atoms with Crippen molar-refractivity contribution >= 4 is 16.9 Å². The molecule has 0 bridgehead atoms. The van der Waals surface area contributed by atoms with E-state index in [0.717, 1.165) is 22.0 Å². The van der Waals surface area contributed by atoms with Crippen LogP contribution in [0.2, 0.25) is 0 Å². The molecule has 4 heteroatoms. The quantitative estimate of drug-likeness (QED) is 0.731. The maximum atomic E-state index is 10.6. The Morgan fingerprint density at radius 1 is 1.50 bits per heavy atom. The lowest BCUT2D eigenvalue weighted by atomic mass is 10.1. The van der Waals surface area contributed by atoms with E-state index in [9.17, 15) is 9.90 Å². The van der Waals surface area contributed by atoms with Crippen molar-refractivity contribution in [3.8, 4) is 0 Å². The first kappa shape index (κ1) is 10.7. The number of aromatic amines is 1. The molecule has 0 saturated carbocycles. The van der Waals surface area contributed by atoms with Crippen LogP contribution in [0.5, 0.6) is 0 Å². The number of rotatable bonds is 3. The van der Waals surface area contributed by atoms with Gasteiger partial charge in [0, 0.05) is 23.5 Å². The van der Waals surface area contributed by atoms with Gasteiger partial charge in [-0.1, -0.05) is 11.6 Å². The average Bonchev–Trinajstić information content (AvgIpc) is 2.61. The van der Waals surface area contributed by atoms with Gasteiger partial charge in [-0.2, -0.15) is 0 Å². The number of hydrogen-bond acceptors (Lipinski definition) is 2. The molecule has 0 aliphatic heterocycles. The number of carbonyl (C=O) groups is 1. The van der Waals surface area contributed by atoms with Crippen LogP contribution in [0.1, 0.15) is 11.1 Å². The molecule has 0 unspecified atom stereocenters. The van der Waals surface area contributed by atoms with Gasteiger partial charge in [0.25, 0.3) is 0 Å². The summed E-state index contributed by atoms with van der Waals surface area (Å²) >= 11 is 0. The molecule has 2 aromatic rings. The number of aliphatic hydroxyl groups excluding tert-OH is 1. The highest BCUT2D eigenvalue weighted by atomic mass is 16.4. The number of aryl methyl sites for hydroxylation is 1. The molecule has 0 spiro atoms. The Morgan fingerprint density at radius 3 is 2.94 bits per heavy atom. The highest BCUT2D eigenvalue weighted by molar-refractivity contribution is 5.84. The summed E-state index contributed by atoms with van der Waals surface area (Å²) in [6.45, 7) is 1.98. The minimum atomic E-state index is -1.35. The topological polar surface area (TPSA) is 73.3 Å². The molecule has 84 valence electrons. The van der Waals surface area contributed by atoms with Crippen LogP contribution in [0.4, 0.5) is 0 Å². The van der Waals surface area contributed by atoms with Crippen LogP contribution in [0.3, 0.4) is 0 Å². The Morgan fingerprint density at radius 2 is 2.25 bits per heavy atom. The van der Waals surface area contributed by atoms with Gasteiger partial charge in [0.05, 0.1) is 0 Å². The van der Waals surface area contributed by atoms with Gasteiger partial charge in [-0.05, 0) is 24.6 Å². The van der Waals surface area contributed by atoms with E-state index in [4.69, 9.17) is 5.11 Å². The van der Waals surface area contributed by atoms with Gasteiger partial charge >= 0.3 is 5.97 Å². The lowest BCUT2D eigenvalue weighted by Gasteiger charge is -2.04. The Kier molecular flexibility index (Phi) is 2.66. The lowest BCUT2D eigenvalue weighted by Crippen LogP contribution is -2.21.